The van der Waals surface area contributed by atoms with E-state index in [-0.39, 0.29) is 29.1 Å². The number of anilines is 2. The molecule has 4 N–H and O–H groups in total. The van der Waals surface area contributed by atoms with Crippen molar-refractivity contribution >= 4 is 23.3 Å². The molecule has 6 nitrogen and oxygen atoms in total. The molecule has 0 amide bonds. The minimum atomic E-state index is -0.638. The monoisotopic (exact) mass is 390 g/mol. The molecular weight excluding hydrogens is 368 g/mol. The first-order valence-corrected chi connectivity index (χ1v) is 9.12. The number of methoxy groups -OCH3 is 1. The van der Waals surface area contributed by atoms with Crippen molar-refractivity contribution < 1.29 is 19.1 Å². The van der Waals surface area contributed by atoms with Gasteiger partial charge in [0.15, 0.2) is 0 Å². The van der Waals surface area contributed by atoms with Gasteiger partial charge in [-0.05, 0) is 18.1 Å². The highest BCUT2D eigenvalue weighted by Gasteiger charge is 2.30. The minimum absolute atomic E-state index is 0.110. The molecule has 3 aromatic carbocycles. The van der Waals surface area contributed by atoms with Crippen molar-refractivity contribution in [2.45, 2.75) is 6.92 Å². The molecule has 0 atom stereocenters. The molecule has 6 heteroatoms. The topological polar surface area (TPSA) is 105 Å². The van der Waals surface area contributed by atoms with Gasteiger partial charge in [-0.1, -0.05) is 60.7 Å². The maximum absolute atomic E-state index is 12.9. The van der Waals surface area contributed by atoms with E-state index in [1.807, 2.05) is 24.3 Å². The second-order valence-electron chi connectivity index (χ2n) is 6.27. The van der Waals surface area contributed by atoms with Crippen LogP contribution in [0.2, 0.25) is 0 Å². The van der Waals surface area contributed by atoms with Crippen molar-refractivity contribution in [1.29, 1.82) is 0 Å². The van der Waals surface area contributed by atoms with E-state index in [1.54, 1.807) is 43.3 Å². The fourth-order valence-corrected chi connectivity index (χ4v) is 3.33. The third kappa shape index (κ3) is 3.65. The molecule has 0 fully saturated rings. The Morgan fingerprint density at radius 2 is 1.17 bits per heavy atom. The highest BCUT2D eigenvalue weighted by molar-refractivity contribution is 6.16. The molecule has 0 heterocycles. The maximum Gasteiger partial charge on any atom is 0.340 e. The van der Waals surface area contributed by atoms with Gasteiger partial charge in [0.1, 0.15) is 0 Å². The molecule has 0 saturated heterocycles. The molecule has 3 rings (SSSR count). The van der Waals surface area contributed by atoms with Gasteiger partial charge in [0.25, 0.3) is 0 Å². The molecule has 29 heavy (non-hydrogen) atoms. The van der Waals surface area contributed by atoms with E-state index in [1.165, 1.54) is 7.11 Å². The normalized spacial score (nSPS) is 10.4. The Morgan fingerprint density at radius 1 is 0.759 bits per heavy atom. The van der Waals surface area contributed by atoms with Crippen molar-refractivity contribution in [3.05, 3.63) is 71.8 Å². The number of nitrogen functional groups attached to an aromatic ring is 2. The highest BCUT2D eigenvalue weighted by Crippen LogP contribution is 2.44. The molecule has 3 aromatic rings. The third-order valence-corrected chi connectivity index (χ3v) is 4.57. The van der Waals surface area contributed by atoms with Crippen molar-refractivity contribution in [2.75, 3.05) is 25.2 Å². The van der Waals surface area contributed by atoms with E-state index < -0.39 is 11.9 Å². The Bertz CT molecular complexity index is 1050. The second-order valence-corrected chi connectivity index (χ2v) is 6.27. The summed E-state index contributed by atoms with van der Waals surface area (Å²) in [5, 5.41) is 0. The molecule has 0 bridgehead atoms. The smallest absolute Gasteiger partial charge is 0.340 e. The summed E-state index contributed by atoms with van der Waals surface area (Å²) in [6.45, 7) is 1.88. The molecule has 0 aromatic heterocycles. The van der Waals surface area contributed by atoms with Gasteiger partial charge in [0, 0.05) is 11.1 Å². The van der Waals surface area contributed by atoms with Crippen LogP contribution in [0.3, 0.4) is 0 Å². The first kappa shape index (κ1) is 19.9. The molecular formula is C23H22N2O4. The molecule has 0 unspecified atom stereocenters. The van der Waals surface area contributed by atoms with E-state index in [0.717, 1.165) is 0 Å². The van der Waals surface area contributed by atoms with Gasteiger partial charge in [-0.15, -0.1) is 0 Å². The third-order valence-electron chi connectivity index (χ3n) is 4.57. The number of esters is 2. The van der Waals surface area contributed by atoms with Crippen molar-refractivity contribution in [3.8, 4) is 22.3 Å². The van der Waals surface area contributed by atoms with Crippen LogP contribution in [-0.2, 0) is 9.47 Å². The summed E-state index contributed by atoms with van der Waals surface area (Å²) in [7, 11) is 1.27. The van der Waals surface area contributed by atoms with Gasteiger partial charge in [0.05, 0.1) is 36.2 Å². The van der Waals surface area contributed by atoms with E-state index >= 15 is 0 Å². The summed E-state index contributed by atoms with van der Waals surface area (Å²) in [6.07, 6.45) is 0. The van der Waals surface area contributed by atoms with E-state index in [2.05, 4.69) is 0 Å². The zero-order chi connectivity index (χ0) is 21.0. The number of nitrogens with two attached hydrogens (primary N) is 2. The molecule has 0 aliphatic carbocycles. The van der Waals surface area contributed by atoms with Gasteiger partial charge in [-0.3, -0.25) is 0 Å². The Hall–Kier alpha value is -3.80. The van der Waals surface area contributed by atoms with Crippen LogP contribution < -0.4 is 11.5 Å². The zero-order valence-electron chi connectivity index (χ0n) is 16.3. The lowest BCUT2D eigenvalue weighted by molar-refractivity contribution is 0.0526. The van der Waals surface area contributed by atoms with Crippen molar-refractivity contribution in [3.63, 3.8) is 0 Å². The van der Waals surface area contributed by atoms with E-state index in [0.29, 0.717) is 22.3 Å². The zero-order valence-corrected chi connectivity index (χ0v) is 16.3. The van der Waals surface area contributed by atoms with Gasteiger partial charge >= 0.3 is 11.9 Å². The summed E-state index contributed by atoms with van der Waals surface area (Å²) in [5.41, 5.74) is 15.4. The highest BCUT2D eigenvalue weighted by atomic mass is 16.5. The number of carbonyl (C=O) groups is 2. The summed E-state index contributed by atoms with van der Waals surface area (Å²) >= 11 is 0. The standard InChI is InChI=1S/C23H22N2O4/c1-3-29-23(27)19-17(15-12-8-5-9-13-15)20(24)18(22(26)28-2)16(21(19)25)14-10-6-4-7-11-14/h4-13H,3,24-25H2,1-2H3. The first-order valence-electron chi connectivity index (χ1n) is 9.12. The Kier molecular flexibility index (Phi) is 5.83. The van der Waals surface area contributed by atoms with E-state index in [9.17, 15) is 9.59 Å². The summed E-state index contributed by atoms with van der Waals surface area (Å²) in [5.74, 6) is -1.25. The van der Waals surface area contributed by atoms with Crippen LogP contribution in [0.15, 0.2) is 60.7 Å². The SMILES string of the molecule is CCOC(=O)c1c(N)c(-c2ccccc2)c(C(=O)OC)c(N)c1-c1ccccc1. The molecule has 0 aliphatic rings. The summed E-state index contributed by atoms with van der Waals surface area (Å²) in [4.78, 5) is 25.6. The van der Waals surface area contributed by atoms with Gasteiger partial charge < -0.3 is 20.9 Å². The lowest BCUT2D eigenvalue weighted by Crippen LogP contribution is -2.17. The molecule has 0 aliphatic heterocycles. The average Bonchev–Trinajstić information content (AvgIpc) is 2.75. The first-order chi connectivity index (χ1) is 14.0. The molecule has 0 radical (unpaired) electrons. The van der Waals surface area contributed by atoms with Gasteiger partial charge in [-0.2, -0.15) is 0 Å². The fraction of sp³-hybridized carbons (Fsp3) is 0.130. The lowest BCUT2D eigenvalue weighted by Gasteiger charge is -2.21. The maximum atomic E-state index is 12.9. The molecule has 148 valence electrons. The van der Waals surface area contributed by atoms with Crippen molar-refractivity contribution in [2.24, 2.45) is 0 Å². The van der Waals surface area contributed by atoms with Crippen LogP contribution in [0.1, 0.15) is 27.6 Å². The number of rotatable bonds is 5. The Morgan fingerprint density at radius 3 is 1.55 bits per heavy atom. The van der Waals surface area contributed by atoms with Gasteiger partial charge in [0.2, 0.25) is 0 Å². The largest absolute Gasteiger partial charge is 0.465 e. The molecule has 0 spiro atoms. The van der Waals surface area contributed by atoms with Gasteiger partial charge in [-0.25, -0.2) is 9.59 Å². The van der Waals surface area contributed by atoms with Crippen molar-refractivity contribution in [1.82, 2.24) is 0 Å². The van der Waals surface area contributed by atoms with Crippen LogP contribution in [0.5, 0.6) is 0 Å². The minimum Gasteiger partial charge on any atom is -0.465 e. The average molecular weight is 390 g/mol. The predicted octanol–water partition coefficient (Wildman–Crippen LogP) is 4.15. The number of hydrogen-bond donors (Lipinski definition) is 2. The fourth-order valence-electron chi connectivity index (χ4n) is 3.33. The number of carbonyl (C=O) groups excluding carboxylic acids is 2. The quantitative estimate of drug-likeness (QED) is 0.501. The Labute approximate surface area is 169 Å². The number of hydrogen-bond acceptors (Lipinski definition) is 6. The summed E-state index contributed by atoms with van der Waals surface area (Å²) in [6, 6.07) is 18.1. The number of ether oxygens (including phenoxy) is 2. The van der Waals surface area contributed by atoms with Crippen LogP contribution >= 0.6 is 0 Å². The number of benzene rings is 3. The second kappa shape index (κ2) is 8.48. The van der Waals surface area contributed by atoms with E-state index in [4.69, 9.17) is 20.9 Å². The van der Waals surface area contributed by atoms with Crippen LogP contribution in [0.25, 0.3) is 22.3 Å². The molecule has 0 saturated carbocycles. The Balaban J connectivity index is 2.48. The lowest BCUT2D eigenvalue weighted by atomic mass is 9.86. The predicted molar refractivity (Wildman–Crippen MR) is 113 cm³/mol. The van der Waals surface area contributed by atoms with Crippen LogP contribution in [0.4, 0.5) is 11.4 Å². The summed E-state index contributed by atoms with van der Waals surface area (Å²) < 4.78 is 10.2. The van der Waals surface area contributed by atoms with Crippen LogP contribution in [-0.4, -0.2) is 25.7 Å². The van der Waals surface area contributed by atoms with Crippen LogP contribution in [0, 0.1) is 0 Å².